The Hall–Kier alpha value is -2.86. The summed E-state index contributed by atoms with van der Waals surface area (Å²) in [7, 11) is 0. The molecule has 0 fully saturated rings. The molecule has 3 aromatic carbocycles. The Morgan fingerprint density at radius 1 is 0.923 bits per heavy atom. The van der Waals surface area contributed by atoms with E-state index in [1.165, 1.54) is 0 Å². The second-order valence-corrected chi connectivity index (χ2v) is 7.02. The van der Waals surface area contributed by atoms with Gasteiger partial charge in [-0.25, -0.2) is 4.79 Å². The number of nitrogens with one attached hydrogen (secondary N) is 2. The number of hydrogen-bond donors (Lipinski definition) is 3. The van der Waals surface area contributed by atoms with E-state index < -0.39 is 11.9 Å². The molecule has 6 heteroatoms. The van der Waals surface area contributed by atoms with Crippen LogP contribution in [0.5, 0.6) is 0 Å². The Morgan fingerprint density at radius 2 is 1.50 bits per heavy atom. The first kappa shape index (κ1) is 17.9. The molecular weight excluding hydrogens is 394 g/mol. The number of amides is 3. The lowest BCUT2D eigenvalue weighted by Crippen LogP contribution is -2.23. The summed E-state index contributed by atoms with van der Waals surface area (Å²) in [6.07, 6.45) is 0. The Labute approximate surface area is 159 Å². The van der Waals surface area contributed by atoms with Gasteiger partial charge in [0.15, 0.2) is 0 Å². The van der Waals surface area contributed by atoms with Gasteiger partial charge >= 0.3 is 6.03 Å². The Kier molecular flexibility index (Phi) is 4.95. The molecular formula is C20H18BrN3O2. The molecule has 0 bridgehead atoms. The molecule has 0 aliphatic heterocycles. The van der Waals surface area contributed by atoms with E-state index in [1.54, 1.807) is 12.1 Å². The van der Waals surface area contributed by atoms with Crippen molar-refractivity contribution in [1.82, 2.24) is 0 Å². The smallest absolute Gasteiger partial charge is 0.323 e. The summed E-state index contributed by atoms with van der Waals surface area (Å²) in [5.74, 6) is -0.595. The van der Waals surface area contributed by atoms with Gasteiger partial charge in [-0.15, -0.1) is 0 Å². The molecule has 0 radical (unpaired) electrons. The highest BCUT2D eigenvalue weighted by molar-refractivity contribution is 9.10. The zero-order valence-corrected chi connectivity index (χ0v) is 16.0. The average molecular weight is 412 g/mol. The van der Waals surface area contributed by atoms with Crippen molar-refractivity contribution in [3.8, 4) is 0 Å². The van der Waals surface area contributed by atoms with E-state index in [-0.39, 0.29) is 5.56 Å². The first-order valence-corrected chi connectivity index (χ1v) is 8.82. The molecule has 132 valence electrons. The summed E-state index contributed by atoms with van der Waals surface area (Å²) in [4.78, 5) is 24.3. The molecule has 26 heavy (non-hydrogen) atoms. The lowest BCUT2D eigenvalue weighted by Gasteiger charge is -2.15. The lowest BCUT2D eigenvalue weighted by atomic mass is 10.0. The highest BCUT2D eigenvalue weighted by Crippen LogP contribution is 2.27. The highest BCUT2D eigenvalue weighted by Gasteiger charge is 2.14. The molecule has 0 saturated carbocycles. The van der Waals surface area contributed by atoms with Crippen molar-refractivity contribution < 1.29 is 9.59 Å². The van der Waals surface area contributed by atoms with Crippen LogP contribution < -0.4 is 16.4 Å². The zero-order chi connectivity index (χ0) is 18.8. The first-order chi connectivity index (χ1) is 12.3. The number of benzene rings is 3. The third-order valence-electron chi connectivity index (χ3n) is 4.14. The number of anilines is 2. The summed E-state index contributed by atoms with van der Waals surface area (Å²) < 4.78 is 0.948. The summed E-state index contributed by atoms with van der Waals surface area (Å²) in [5.41, 5.74) is 8.72. The molecule has 0 unspecified atom stereocenters. The number of carbonyl (C=O) groups is 2. The van der Waals surface area contributed by atoms with Crippen molar-refractivity contribution in [2.24, 2.45) is 5.73 Å². The number of carbonyl (C=O) groups excluding carboxylic acids is 2. The molecule has 0 aliphatic rings. The minimum atomic E-state index is -0.595. The predicted molar refractivity (Wildman–Crippen MR) is 109 cm³/mol. The van der Waals surface area contributed by atoms with Gasteiger partial charge in [0.25, 0.3) is 5.91 Å². The molecule has 4 N–H and O–H groups in total. The summed E-state index contributed by atoms with van der Waals surface area (Å²) in [5, 5.41) is 7.37. The van der Waals surface area contributed by atoms with Gasteiger partial charge in [-0.3, -0.25) is 4.79 Å². The second kappa shape index (κ2) is 7.17. The number of aryl methyl sites for hydroxylation is 2. The fraction of sp³-hybridized carbons (Fsp3) is 0.100. The lowest BCUT2D eigenvalue weighted by molar-refractivity contribution is 0.100. The molecule has 0 heterocycles. The van der Waals surface area contributed by atoms with Gasteiger partial charge in [0.2, 0.25) is 0 Å². The van der Waals surface area contributed by atoms with Crippen LogP contribution in [-0.4, -0.2) is 11.9 Å². The largest absolute Gasteiger partial charge is 0.366 e. The standard InChI is InChI=1S/C20H18BrN3O2/c1-11-7-15(21)8-12(2)18(11)24-20(26)23-17-10-14-6-4-3-5-13(14)9-16(17)19(22)25/h3-10H,1-2H3,(H2,22,25)(H2,23,24,26). The van der Waals surface area contributed by atoms with Crippen LogP contribution in [0.2, 0.25) is 0 Å². The van der Waals surface area contributed by atoms with E-state index >= 15 is 0 Å². The predicted octanol–water partition coefficient (Wildman–Crippen LogP) is 4.96. The number of primary amides is 1. The number of hydrogen-bond acceptors (Lipinski definition) is 2. The molecule has 3 aromatic rings. The van der Waals surface area contributed by atoms with Gasteiger partial charge in [-0.2, -0.15) is 0 Å². The molecule has 3 amide bonds. The molecule has 0 spiro atoms. The van der Waals surface area contributed by atoms with E-state index in [4.69, 9.17) is 5.73 Å². The third kappa shape index (κ3) is 3.70. The summed E-state index contributed by atoms with van der Waals surface area (Å²) >= 11 is 3.44. The maximum Gasteiger partial charge on any atom is 0.323 e. The zero-order valence-electron chi connectivity index (χ0n) is 14.4. The first-order valence-electron chi connectivity index (χ1n) is 8.02. The van der Waals surface area contributed by atoms with Crippen LogP contribution >= 0.6 is 15.9 Å². The van der Waals surface area contributed by atoms with Crippen LogP contribution in [0.1, 0.15) is 21.5 Å². The number of nitrogens with two attached hydrogens (primary N) is 1. The van der Waals surface area contributed by atoms with Gasteiger partial charge < -0.3 is 16.4 Å². The van der Waals surface area contributed by atoms with Gasteiger partial charge in [0, 0.05) is 10.2 Å². The SMILES string of the molecule is Cc1cc(Br)cc(C)c1NC(=O)Nc1cc2ccccc2cc1C(N)=O. The van der Waals surface area contributed by atoms with E-state index in [9.17, 15) is 9.59 Å². The second-order valence-electron chi connectivity index (χ2n) is 6.10. The Balaban J connectivity index is 1.92. The monoisotopic (exact) mass is 411 g/mol. The fourth-order valence-corrected chi connectivity index (χ4v) is 3.61. The average Bonchev–Trinajstić information content (AvgIpc) is 2.57. The van der Waals surface area contributed by atoms with Crippen LogP contribution in [0.15, 0.2) is 53.0 Å². The van der Waals surface area contributed by atoms with Crippen molar-refractivity contribution in [1.29, 1.82) is 0 Å². The molecule has 3 rings (SSSR count). The van der Waals surface area contributed by atoms with Crippen molar-refractivity contribution in [3.05, 3.63) is 69.7 Å². The van der Waals surface area contributed by atoms with E-state index in [1.807, 2.05) is 50.2 Å². The Bertz CT molecular complexity index is 1010. The molecule has 0 aromatic heterocycles. The summed E-state index contributed by atoms with van der Waals surface area (Å²) in [6, 6.07) is 14.4. The molecule has 5 nitrogen and oxygen atoms in total. The van der Waals surface area contributed by atoms with Gasteiger partial charge in [-0.1, -0.05) is 40.2 Å². The van der Waals surface area contributed by atoms with Crippen molar-refractivity contribution in [3.63, 3.8) is 0 Å². The third-order valence-corrected chi connectivity index (χ3v) is 4.59. The maximum atomic E-state index is 12.5. The topological polar surface area (TPSA) is 84.2 Å². The van der Waals surface area contributed by atoms with E-state index in [2.05, 4.69) is 26.6 Å². The quantitative estimate of drug-likeness (QED) is 0.568. The van der Waals surface area contributed by atoms with Crippen molar-refractivity contribution in [2.45, 2.75) is 13.8 Å². The van der Waals surface area contributed by atoms with E-state index in [0.717, 1.165) is 32.1 Å². The minimum absolute atomic E-state index is 0.267. The number of halogens is 1. The fourth-order valence-electron chi connectivity index (χ4n) is 2.92. The van der Waals surface area contributed by atoms with Crippen LogP contribution in [-0.2, 0) is 0 Å². The maximum absolute atomic E-state index is 12.5. The van der Waals surface area contributed by atoms with E-state index in [0.29, 0.717) is 5.69 Å². The number of rotatable bonds is 3. The molecule has 0 saturated heterocycles. The normalized spacial score (nSPS) is 10.6. The van der Waals surface area contributed by atoms with Crippen molar-refractivity contribution in [2.75, 3.05) is 10.6 Å². The number of urea groups is 1. The van der Waals surface area contributed by atoms with Gasteiger partial charge in [0.05, 0.1) is 11.3 Å². The molecule has 0 aliphatic carbocycles. The van der Waals surface area contributed by atoms with Crippen LogP contribution in [0.25, 0.3) is 10.8 Å². The van der Waals surface area contributed by atoms with Crippen molar-refractivity contribution >= 4 is 50.0 Å². The van der Waals surface area contributed by atoms with Gasteiger partial charge in [0.1, 0.15) is 0 Å². The van der Waals surface area contributed by atoms with Gasteiger partial charge in [-0.05, 0) is 60.0 Å². The van der Waals surface area contributed by atoms with Crippen LogP contribution in [0.3, 0.4) is 0 Å². The van der Waals surface area contributed by atoms with Crippen LogP contribution in [0, 0.1) is 13.8 Å². The minimum Gasteiger partial charge on any atom is -0.366 e. The highest BCUT2D eigenvalue weighted by atomic mass is 79.9. The number of fused-ring (bicyclic) bond motifs is 1. The summed E-state index contributed by atoms with van der Waals surface area (Å²) in [6.45, 7) is 3.83. The molecule has 0 atom stereocenters. The Morgan fingerprint density at radius 3 is 2.08 bits per heavy atom. The van der Waals surface area contributed by atoms with Crippen LogP contribution in [0.4, 0.5) is 16.2 Å².